The quantitative estimate of drug-likeness (QED) is 0.373. The van der Waals surface area contributed by atoms with Crippen LogP contribution in [0.25, 0.3) is 5.70 Å². The molecule has 1 heterocycles. The Morgan fingerprint density at radius 1 is 1.24 bits per heavy atom. The topological polar surface area (TPSA) is 70.8 Å². The van der Waals surface area contributed by atoms with E-state index in [0.29, 0.717) is 12.1 Å². The number of carbonyl (C=O) groups excluding carboxylic acids is 1. The second-order valence-electron chi connectivity index (χ2n) is 9.67. The summed E-state index contributed by atoms with van der Waals surface area (Å²) in [6.45, 7) is 11.3. The van der Waals surface area contributed by atoms with Gasteiger partial charge in [-0.1, -0.05) is 33.4 Å². The van der Waals surface area contributed by atoms with E-state index in [1.807, 2.05) is 0 Å². The van der Waals surface area contributed by atoms with Crippen LogP contribution in [0.3, 0.4) is 0 Å². The number of nitrogens with zero attached hydrogens (tertiary/aromatic N) is 5. The molecule has 180 valence electrons. The molecule has 1 aliphatic carbocycles. The number of benzene rings is 1. The molecule has 0 radical (unpaired) electrons. The van der Waals surface area contributed by atoms with Crippen molar-refractivity contribution in [2.45, 2.75) is 33.6 Å². The van der Waals surface area contributed by atoms with Crippen LogP contribution in [-0.4, -0.2) is 41.6 Å². The fraction of sp³-hybridized carbons (Fsp3) is 0.423. The number of amides is 1. The van der Waals surface area contributed by atoms with Gasteiger partial charge in [-0.25, -0.2) is 8.78 Å². The molecule has 6 nitrogen and oxygen atoms in total. The van der Waals surface area contributed by atoms with E-state index in [0.717, 1.165) is 18.4 Å². The zero-order chi connectivity index (χ0) is 25.1. The Hall–Kier alpha value is -3.29. The Kier molecular flexibility index (Phi) is 7.38. The fourth-order valence-electron chi connectivity index (χ4n) is 5.01. The van der Waals surface area contributed by atoms with Crippen molar-refractivity contribution in [3.8, 4) is 0 Å². The Balaban J connectivity index is 1.86. The van der Waals surface area contributed by atoms with Crippen LogP contribution in [0.1, 0.15) is 49.5 Å². The molecule has 0 aliphatic heterocycles. The van der Waals surface area contributed by atoms with E-state index in [4.69, 9.17) is 0 Å². The normalized spacial score (nSPS) is 22.2. The second kappa shape index (κ2) is 9.91. The summed E-state index contributed by atoms with van der Waals surface area (Å²) in [4.78, 5) is 14.6. The third kappa shape index (κ3) is 4.81. The smallest absolute Gasteiger partial charge is 0.255 e. The number of hydrogen-bond acceptors (Lipinski definition) is 5. The molecule has 1 aromatic heterocycles. The second-order valence-corrected chi connectivity index (χ2v) is 9.67. The van der Waals surface area contributed by atoms with Crippen LogP contribution in [0.15, 0.2) is 65.1 Å². The summed E-state index contributed by atoms with van der Waals surface area (Å²) in [5, 5.41) is 15.3. The molecule has 8 heteroatoms. The van der Waals surface area contributed by atoms with E-state index in [-0.39, 0.29) is 33.9 Å². The minimum absolute atomic E-state index is 0.0282. The lowest BCUT2D eigenvalue weighted by atomic mass is 9.64. The third-order valence-corrected chi connectivity index (χ3v) is 7.37. The first-order valence-corrected chi connectivity index (χ1v) is 11.2. The predicted molar refractivity (Wildman–Crippen MR) is 128 cm³/mol. The molecule has 0 saturated heterocycles. The van der Waals surface area contributed by atoms with Crippen LogP contribution in [0.2, 0.25) is 0 Å². The molecule has 2 aromatic rings. The molecule has 0 unspecified atom stereocenters. The molecule has 1 saturated carbocycles. The van der Waals surface area contributed by atoms with Gasteiger partial charge in [0.25, 0.3) is 5.91 Å². The van der Waals surface area contributed by atoms with Gasteiger partial charge >= 0.3 is 0 Å². The van der Waals surface area contributed by atoms with Crippen molar-refractivity contribution in [1.29, 1.82) is 0 Å². The van der Waals surface area contributed by atoms with Gasteiger partial charge in [0.1, 0.15) is 11.6 Å². The molecule has 34 heavy (non-hydrogen) atoms. The fourth-order valence-corrected chi connectivity index (χ4v) is 5.01. The highest BCUT2D eigenvalue weighted by Gasteiger charge is 2.52. The maximum absolute atomic E-state index is 14.4. The van der Waals surface area contributed by atoms with Crippen LogP contribution in [0.4, 0.5) is 8.78 Å². The molecule has 3 rings (SSSR count). The van der Waals surface area contributed by atoms with Crippen LogP contribution in [0.5, 0.6) is 0 Å². The van der Waals surface area contributed by atoms with Gasteiger partial charge in [0.15, 0.2) is 0 Å². The van der Waals surface area contributed by atoms with Crippen molar-refractivity contribution >= 4 is 11.6 Å². The highest BCUT2D eigenvalue weighted by atomic mass is 19.1. The summed E-state index contributed by atoms with van der Waals surface area (Å²) >= 11 is 0. The number of rotatable bonds is 7. The van der Waals surface area contributed by atoms with Gasteiger partial charge in [0, 0.05) is 20.6 Å². The van der Waals surface area contributed by atoms with E-state index in [9.17, 15) is 13.6 Å². The van der Waals surface area contributed by atoms with Crippen molar-refractivity contribution in [3.05, 3.63) is 77.6 Å². The van der Waals surface area contributed by atoms with Crippen molar-refractivity contribution in [2.75, 3.05) is 20.6 Å². The molecule has 2 atom stereocenters. The zero-order valence-corrected chi connectivity index (χ0v) is 20.3. The molecule has 0 bridgehead atoms. The van der Waals surface area contributed by atoms with Crippen LogP contribution < -0.4 is 0 Å². The lowest BCUT2D eigenvalue weighted by molar-refractivity contribution is 0.0476. The Morgan fingerprint density at radius 3 is 2.50 bits per heavy atom. The Morgan fingerprint density at radius 2 is 1.91 bits per heavy atom. The number of halogens is 2. The van der Waals surface area contributed by atoms with Gasteiger partial charge in [-0.05, 0) is 59.4 Å². The molecule has 1 aliphatic rings. The summed E-state index contributed by atoms with van der Waals surface area (Å²) in [6, 6.07) is 5.36. The molecule has 1 amide bonds. The number of allylic oxidation sites excluding steroid dienone is 2. The van der Waals surface area contributed by atoms with E-state index in [1.54, 1.807) is 24.1 Å². The number of azo groups is 1. The van der Waals surface area contributed by atoms with Gasteiger partial charge in [-0.15, -0.1) is 0 Å². The molecule has 1 fully saturated rings. The van der Waals surface area contributed by atoms with Gasteiger partial charge in [-0.3, -0.25) is 4.79 Å². The summed E-state index contributed by atoms with van der Waals surface area (Å²) in [5.74, 6) is -1.49. The predicted octanol–water partition coefficient (Wildman–Crippen LogP) is 5.95. The van der Waals surface area contributed by atoms with Crippen molar-refractivity contribution in [3.63, 3.8) is 0 Å². The number of aromatic nitrogens is 2. The molecular weight excluding hydrogens is 436 g/mol. The van der Waals surface area contributed by atoms with Crippen molar-refractivity contribution < 1.29 is 13.6 Å². The van der Waals surface area contributed by atoms with Crippen LogP contribution in [0, 0.1) is 28.4 Å². The first kappa shape index (κ1) is 25.3. The third-order valence-electron chi connectivity index (χ3n) is 7.37. The number of hydrogen-bond donors (Lipinski definition) is 0. The van der Waals surface area contributed by atoms with Crippen LogP contribution in [-0.2, 0) is 0 Å². The summed E-state index contributed by atoms with van der Waals surface area (Å²) in [6.07, 6.45) is 6.28. The number of carbonyl (C=O) groups is 1. The Bertz CT molecular complexity index is 1110. The van der Waals surface area contributed by atoms with Gasteiger partial charge in [0.2, 0.25) is 0 Å². The van der Waals surface area contributed by atoms with E-state index in [2.05, 4.69) is 47.8 Å². The molecule has 1 aromatic carbocycles. The van der Waals surface area contributed by atoms with Gasteiger partial charge in [0.05, 0.1) is 29.2 Å². The van der Waals surface area contributed by atoms with E-state index in [1.165, 1.54) is 37.6 Å². The van der Waals surface area contributed by atoms with Gasteiger partial charge in [-0.2, -0.15) is 20.4 Å². The molecule has 0 N–H and O–H groups in total. The monoisotopic (exact) mass is 467 g/mol. The molecule has 0 spiro atoms. The summed E-state index contributed by atoms with van der Waals surface area (Å²) in [5.41, 5.74) is 0.630. The SMILES string of the molecule is C=C(/C=C(\N=NC)c1c(F)cccc1F)[C@@H]1CC[C@@](C)(CN(C)C(=O)c2ccnnc2)C1(C)C. The average molecular weight is 468 g/mol. The maximum Gasteiger partial charge on any atom is 0.255 e. The average Bonchev–Trinajstić information content (AvgIpc) is 3.02. The molecular formula is C26H31F2N5O. The lowest BCUT2D eigenvalue weighted by Crippen LogP contribution is -2.44. The van der Waals surface area contributed by atoms with Crippen molar-refractivity contribution in [1.82, 2.24) is 15.1 Å². The summed E-state index contributed by atoms with van der Waals surface area (Å²) < 4.78 is 28.9. The highest BCUT2D eigenvalue weighted by Crippen LogP contribution is 2.58. The largest absolute Gasteiger partial charge is 0.341 e. The summed E-state index contributed by atoms with van der Waals surface area (Å²) in [7, 11) is 3.24. The Labute approximate surface area is 199 Å². The highest BCUT2D eigenvalue weighted by molar-refractivity contribution is 5.93. The van der Waals surface area contributed by atoms with E-state index >= 15 is 0 Å². The van der Waals surface area contributed by atoms with Gasteiger partial charge < -0.3 is 4.90 Å². The standard InChI is InChI=1S/C26H31F2N5O/c1-17(14-22(32-29-5)23-20(27)8-7-9-21(23)28)19-10-12-26(4,25(19,2)3)16-33(6)24(34)18-11-13-30-31-15-18/h7-9,11,13-15,19H,1,10,12,16H2,2-6H3/b22-14-,32-29?/t19-,26-/m0/s1. The first-order chi connectivity index (χ1) is 16.0. The lowest BCUT2D eigenvalue weighted by Gasteiger charge is -2.44. The maximum atomic E-state index is 14.4. The minimum Gasteiger partial charge on any atom is -0.341 e. The van der Waals surface area contributed by atoms with E-state index < -0.39 is 11.6 Å². The minimum atomic E-state index is -0.701. The zero-order valence-electron chi connectivity index (χ0n) is 20.3. The van der Waals surface area contributed by atoms with Crippen LogP contribution >= 0.6 is 0 Å². The first-order valence-electron chi connectivity index (χ1n) is 11.2. The van der Waals surface area contributed by atoms with Crippen molar-refractivity contribution in [2.24, 2.45) is 27.0 Å².